The second-order valence-corrected chi connectivity index (χ2v) is 6.08. The molecule has 3 amide bonds. The Labute approximate surface area is 150 Å². The lowest BCUT2D eigenvalue weighted by Gasteiger charge is -2.21. The summed E-state index contributed by atoms with van der Waals surface area (Å²) in [7, 11) is 0. The summed E-state index contributed by atoms with van der Waals surface area (Å²) in [4.78, 5) is 26.9. The largest absolute Gasteiger partial charge is 0.360 e. The SMILES string of the molecule is C=CCN(CC(=O)Nc1cc(C)on1)C(=O)Nc1ccc(SC)cc1. The summed E-state index contributed by atoms with van der Waals surface area (Å²) in [6, 6.07) is 8.67. The number of carbonyl (C=O) groups excluding carboxylic acids is 2. The summed E-state index contributed by atoms with van der Waals surface area (Å²) in [6.07, 6.45) is 3.54. The number of hydrogen-bond acceptors (Lipinski definition) is 5. The highest BCUT2D eigenvalue weighted by molar-refractivity contribution is 7.98. The number of aryl methyl sites for hydroxylation is 1. The Morgan fingerprint density at radius 1 is 1.32 bits per heavy atom. The number of hydrogen-bond donors (Lipinski definition) is 2. The molecule has 0 aliphatic rings. The lowest BCUT2D eigenvalue weighted by molar-refractivity contribution is -0.116. The van der Waals surface area contributed by atoms with Gasteiger partial charge in [0.2, 0.25) is 5.91 Å². The third-order valence-corrected chi connectivity index (χ3v) is 3.95. The monoisotopic (exact) mass is 360 g/mol. The first kappa shape index (κ1) is 18.6. The lowest BCUT2D eigenvalue weighted by atomic mass is 10.3. The van der Waals surface area contributed by atoms with E-state index in [0.717, 1.165) is 4.90 Å². The summed E-state index contributed by atoms with van der Waals surface area (Å²) in [5.74, 6) is 0.529. The van der Waals surface area contributed by atoms with Crippen LogP contribution in [0, 0.1) is 6.92 Å². The summed E-state index contributed by atoms with van der Waals surface area (Å²) in [6.45, 7) is 5.45. The molecule has 0 saturated heterocycles. The third kappa shape index (κ3) is 5.68. The van der Waals surface area contributed by atoms with Crippen molar-refractivity contribution >= 4 is 35.2 Å². The molecule has 2 N–H and O–H groups in total. The van der Waals surface area contributed by atoms with Crippen molar-refractivity contribution in [1.29, 1.82) is 0 Å². The standard InChI is InChI=1S/C17H20N4O3S/c1-4-9-21(11-16(22)19-15-10-12(2)24-20-15)17(23)18-13-5-7-14(25-3)8-6-13/h4-8,10H,1,9,11H2,2-3H3,(H,18,23)(H,19,20,22). The Balaban J connectivity index is 1.96. The van der Waals surface area contributed by atoms with Gasteiger partial charge in [0.1, 0.15) is 12.3 Å². The molecule has 8 heteroatoms. The molecule has 25 heavy (non-hydrogen) atoms. The van der Waals surface area contributed by atoms with Crippen LogP contribution < -0.4 is 10.6 Å². The van der Waals surface area contributed by atoms with Gasteiger partial charge in [-0.15, -0.1) is 18.3 Å². The predicted octanol–water partition coefficient (Wildman–Crippen LogP) is 3.36. The highest BCUT2D eigenvalue weighted by Crippen LogP contribution is 2.17. The van der Waals surface area contributed by atoms with Gasteiger partial charge in [-0.05, 0) is 37.4 Å². The molecule has 0 aliphatic heterocycles. The summed E-state index contributed by atoms with van der Waals surface area (Å²) < 4.78 is 4.89. The number of rotatable bonds is 7. The molecule has 1 aromatic heterocycles. The normalized spacial score (nSPS) is 10.2. The van der Waals surface area contributed by atoms with Gasteiger partial charge in [0, 0.05) is 23.2 Å². The predicted molar refractivity (Wildman–Crippen MR) is 98.9 cm³/mol. The second-order valence-electron chi connectivity index (χ2n) is 5.20. The minimum atomic E-state index is -0.386. The molecule has 0 bridgehead atoms. The van der Waals surface area contributed by atoms with E-state index in [4.69, 9.17) is 4.52 Å². The number of anilines is 2. The maximum absolute atomic E-state index is 12.4. The van der Waals surface area contributed by atoms with Crippen LogP contribution in [0.3, 0.4) is 0 Å². The van der Waals surface area contributed by atoms with Crippen LogP contribution in [0.15, 0.2) is 52.4 Å². The highest BCUT2D eigenvalue weighted by Gasteiger charge is 2.17. The molecule has 0 unspecified atom stereocenters. The van der Waals surface area contributed by atoms with Crippen LogP contribution in [0.5, 0.6) is 0 Å². The molecule has 2 aromatic rings. The van der Waals surface area contributed by atoms with Gasteiger partial charge in [0.05, 0.1) is 0 Å². The van der Waals surface area contributed by atoms with Gasteiger partial charge in [-0.3, -0.25) is 4.79 Å². The van der Waals surface area contributed by atoms with Crippen molar-refractivity contribution in [2.75, 3.05) is 30.0 Å². The fraction of sp³-hybridized carbons (Fsp3) is 0.235. The van der Waals surface area contributed by atoms with Crippen LogP contribution >= 0.6 is 11.8 Å². The zero-order chi connectivity index (χ0) is 18.2. The average molecular weight is 360 g/mol. The Hall–Kier alpha value is -2.74. The highest BCUT2D eigenvalue weighted by atomic mass is 32.2. The van der Waals surface area contributed by atoms with Crippen LogP contribution in [0.25, 0.3) is 0 Å². The first-order valence-corrected chi connectivity index (χ1v) is 8.78. The van der Waals surface area contributed by atoms with E-state index in [1.165, 1.54) is 4.90 Å². The van der Waals surface area contributed by atoms with Gasteiger partial charge >= 0.3 is 6.03 Å². The number of benzene rings is 1. The first-order chi connectivity index (χ1) is 12.0. The number of thioether (sulfide) groups is 1. The van der Waals surface area contributed by atoms with Crippen molar-refractivity contribution in [2.24, 2.45) is 0 Å². The Bertz CT molecular complexity index is 743. The number of nitrogens with one attached hydrogen (secondary N) is 2. The molecule has 0 atom stereocenters. The number of urea groups is 1. The Morgan fingerprint density at radius 3 is 2.60 bits per heavy atom. The summed E-state index contributed by atoms with van der Waals surface area (Å²) in [5.41, 5.74) is 0.657. The van der Waals surface area contributed by atoms with Crippen LogP contribution in [-0.4, -0.2) is 41.3 Å². The van der Waals surface area contributed by atoms with E-state index in [1.807, 2.05) is 30.5 Å². The molecule has 0 saturated carbocycles. The number of amides is 3. The minimum absolute atomic E-state index is 0.132. The fourth-order valence-electron chi connectivity index (χ4n) is 2.03. The van der Waals surface area contributed by atoms with E-state index in [0.29, 0.717) is 17.3 Å². The first-order valence-electron chi connectivity index (χ1n) is 7.56. The van der Waals surface area contributed by atoms with E-state index in [2.05, 4.69) is 22.4 Å². The average Bonchev–Trinajstić information content (AvgIpc) is 2.99. The van der Waals surface area contributed by atoms with E-state index in [1.54, 1.807) is 30.8 Å². The summed E-state index contributed by atoms with van der Waals surface area (Å²) >= 11 is 1.62. The Morgan fingerprint density at radius 2 is 2.04 bits per heavy atom. The van der Waals surface area contributed by atoms with Crippen molar-refractivity contribution in [3.8, 4) is 0 Å². The van der Waals surface area contributed by atoms with Crippen molar-refractivity contribution in [2.45, 2.75) is 11.8 Å². The van der Waals surface area contributed by atoms with Gasteiger partial charge in [-0.1, -0.05) is 11.2 Å². The molecule has 0 radical (unpaired) electrons. The molecule has 7 nitrogen and oxygen atoms in total. The maximum Gasteiger partial charge on any atom is 0.322 e. The van der Waals surface area contributed by atoms with E-state index < -0.39 is 0 Å². The van der Waals surface area contributed by atoms with Crippen LogP contribution in [0.4, 0.5) is 16.3 Å². The molecular formula is C17H20N4O3S. The molecule has 1 aromatic carbocycles. The van der Waals surface area contributed by atoms with E-state index in [-0.39, 0.29) is 25.0 Å². The van der Waals surface area contributed by atoms with Crippen molar-refractivity contribution in [3.05, 3.63) is 48.7 Å². The lowest BCUT2D eigenvalue weighted by Crippen LogP contribution is -2.40. The van der Waals surface area contributed by atoms with Gasteiger partial charge < -0.3 is 20.1 Å². The molecule has 0 aliphatic carbocycles. The second kappa shape index (κ2) is 8.93. The zero-order valence-corrected chi connectivity index (χ0v) is 14.9. The minimum Gasteiger partial charge on any atom is -0.360 e. The Kier molecular flexibility index (Phi) is 6.64. The molecule has 0 fully saturated rings. The van der Waals surface area contributed by atoms with E-state index in [9.17, 15) is 9.59 Å². The zero-order valence-electron chi connectivity index (χ0n) is 14.1. The number of aromatic nitrogens is 1. The molecule has 0 spiro atoms. The van der Waals surface area contributed by atoms with E-state index >= 15 is 0 Å². The summed E-state index contributed by atoms with van der Waals surface area (Å²) in [5, 5.41) is 9.04. The topological polar surface area (TPSA) is 87.5 Å². The number of carbonyl (C=O) groups is 2. The van der Waals surface area contributed by atoms with Crippen molar-refractivity contribution in [1.82, 2.24) is 10.1 Å². The third-order valence-electron chi connectivity index (χ3n) is 3.21. The quantitative estimate of drug-likeness (QED) is 0.584. The van der Waals surface area contributed by atoms with Gasteiger partial charge in [-0.25, -0.2) is 4.79 Å². The van der Waals surface area contributed by atoms with Crippen molar-refractivity contribution < 1.29 is 14.1 Å². The maximum atomic E-state index is 12.4. The fourth-order valence-corrected chi connectivity index (χ4v) is 2.44. The van der Waals surface area contributed by atoms with Gasteiger partial charge in [-0.2, -0.15) is 0 Å². The number of nitrogens with zero attached hydrogens (tertiary/aromatic N) is 2. The molecular weight excluding hydrogens is 340 g/mol. The van der Waals surface area contributed by atoms with Gasteiger partial charge in [0.15, 0.2) is 5.82 Å². The van der Waals surface area contributed by atoms with Crippen LogP contribution in [0.2, 0.25) is 0 Å². The van der Waals surface area contributed by atoms with Crippen LogP contribution in [-0.2, 0) is 4.79 Å². The molecule has 1 heterocycles. The van der Waals surface area contributed by atoms with Crippen molar-refractivity contribution in [3.63, 3.8) is 0 Å². The van der Waals surface area contributed by atoms with Gasteiger partial charge in [0.25, 0.3) is 0 Å². The molecule has 132 valence electrons. The molecule has 2 rings (SSSR count). The van der Waals surface area contributed by atoms with Crippen LogP contribution in [0.1, 0.15) is 5.76 Å². The smallest absolute Gasteiger partial charge is 0.322 e.